The van der Waals surface area contributed by atoms with Gasteiger partial charge >= 0.3 is 6.18 Å². The topological polar surface area (TPSA) is 60.9 Å². The third kappa shape index (κ3) is 3.65. The molecule has 4 nitrogen and oxygen atoms in total. The van der Waals surface area contributed by atoms with E-state index in [1.165, 1.54) is 0 Å². The second kappa shape index (κ2) is 6.91. The first-order chi connectivity index (χ1) is 10.2. The molecule has 0 radical (unpaired) electrons. The predicted molar refractivity (Wildman–Crippen MR) is 76.0 cm³/mol. The maximum atomic E-state index is 13.8. The zero-order valence-electron chi connectivity index (χ0n) is 12.2. The lowest BCUT2D eigenvalue weighted by molar-refractivity contribution is -0.141. The van der Waals surface area contributed by atoms with Gasteiger partial charge in [0.1, 0.15) is 5.82 Å². The van der Waals surface area contributed by atoms with Crippen molar-refractivity contribution in [1.29, 1.82) is 0 Å². The Hall–Kier alpha value is -1.90. The molecule has 0 saturated heterocycles. The number of carbonyl (C=O) groups excluding carboxylic acids is 1. The maximum absolute atomic E-state index is 13.8. The van der Waals surface area contributed by atoms with E-state index in [1.54, 1.807) is 6.92 Å². The van der Waals surface area contributed by atoms with Gasteiger partial charge in [0.15, 0.2) is 5.69 Å². The van der Waals surface area contributed by atoms with Crippen molar-refractivity contribution >= 4 is 17.2 Å². The lowest BCUT2D eigenvalue weighted by Gasteiger charge is -2.01. The Morgan fingerprint density at radius 1 is 1.36 bits per heavy atom. The van der Waals surface area contributed by atoms with E-state index in [9.17, 15) is 22.4 Å². The fourth-order valence-corrected chi connectivity index (χ4v) is 2.55. The van der Waals surface area contributed by atoms with Crippen molar-refractivity contribution in [2.75, 3.05) is 0 Å². The van der Waals surface area contributed by atoms with Crippen LogP contribution in [0, 0.1) is 5.82 Å². The molecule has 0 aromatic carbocycles. The Morgan fingerprint density at radius 2 is 1.95 bits per heavy atom. The lowest BCUT2D eigenvalue weighted by atomic mass is 10.3. The fraction of sp³-hybridized carbons (Fsp3) is 0.385. The molecular weight excluding hydrogens is 322 g/mol. The van der Waals surface area contributed by atoms with Gasteiger partial charge in [-0.25, -0.2) is 4.39 Å². The van der Waals surface area contributed by atoms with Gasteiger partial charge in [0.2, 0.25) is 0 Å². The summed E-state index contributed by atoms with van der Waals surface area (Å²) >= 11 is 0.696. The molecule has 2 N–H and O–H groups in total. The van der Waals surface area contributed by atoms with Crippen LogP contribution in [0.2, 0.25) is 0 Å². The summed E-state index contributed by atoms with van der Waals surface area (Å²) < 4.78 is 52.7. The van der Waals surface area contributed by atoms with Crippen molar-refractivity contribution in [3.63, 3.8) is 0 Å². The first-order valence-corrected chi connectivity index (χ1v) is 7.30. The minimum atomic E-state index is -4.62. The Kier molecular flexibility index (Phi) is 5.70. The van der Waals surface area contributed by atoms with Gasteiger partial charge in [0, 0.05) is 6.54 Å². The first-order valence-electron chi connectivity index (χ1n) is 6.48. The molecule has 0 aliphatic rings. The number of carbonyl (C=O) groups is 1. The van der Waals surface area contributed by atoms with Gasteiger partial charge in [0.05, 0.1) is 15.4 Å². The molecule has 9 heteroatoms. The molecular formula is C13H15F4N3OS. The van der Waals surface area contributed by atoms with Gasteiger partial charge in [-0.15, -0.1) is 11.3 Å². The summed E-state index contributed by atoms with van der Waals surface area (Å²) in [4.78, 5) is 10.8. The number of hydrogen-bond acceptors (Lipinski definition) is 3. The number of nitrogens with two attached hydrogens (primary N) is 1. The summed E-state index contributed by atoms with van der Waals surface area (Å²) in [5, 5.41) is 3.39. The molecule has 0 unspecified atom stereocenters. The molecule has 0 aliphatic carbocycles. The fourth-order valence-electron chi connectivity index (χ4n) is 1.64. The second-order valence-corrected chi connectivity index (χ2v) is 4.93. The number of aryl methyl sites for hydroxylation is 1. The average molecular weight is 337 g/mol. The minimum absolute atomic E-state index is 0.0326. The second-order valence-electron chi connectivity index (χ2n) is 3.88. The SMILES string of the molecule is CC.CCn1nc(C(F)(F)F)cc1-c1sc(C(N)=O)cc1F. The molecule has 1 amide bonds. The van der Waals surface area contributed by atoms with Crippen LogP contribution in [-0.2, 0) is 12.7 Å². The van der Waals surface area contributed by atoms with Crippen LogP contribution in [0.3, 0.4) is 0 Å². The summed E-state index contributed by atoms with van der Waals surface area (Å²) in [6.45, 7) is 5.71. The third-order valence-electron chi connectivity index (χ3n) is 2.53. The van der Waals surface area contributed by atoms with Gasteiger partial charge in [-0.1, -0.05) is 13.8 Å². The highest BCUT2D eigenvalue weighted by Crippen LogP contribution is 2.36. The standard InChI is InChI=1S/C11H9F4N3OS.C2H6/c1-2-18-6(4-8(17-18)11(13,14)15)9-5(12)3-7(20-9)10(16)19;1-2/h3-4H,2H2,1H3,(H2,16,19);1-2H3. The highest BCUT2D eigenvalue weighted by molar-refractivity contribution is 7.17. The molecule has 0 fully saturated rings. The number of halogens is 4. The molecule has 2 heterocycles. The van der Waals surface area contributed by atoms with E-state index in [1.807, 2.05) is 13.8 Å². The summed E-state index contributed by atoms with van der Waals surface area (Å²) in [6, 6.07) is 1.66. The van der Waals surface area contributed by atoms with E-state index >= 15 is 0 Å². The molecule has 2 aromatic rings. The molecule has 0 bridgehead atoms. The molecule has 0 saturated carbocycles. The van der Waals surface area contributed by atoms with E-state index in [0.29, 0.717) is 11.3 Å². The number of nitrogens with zero attached hydrogens (tertiary/aromatic N) is 2. The number of primary amides is 1. The average Bonchev–Trinajstić information content (AvgIpc) is 3.03. The zero-order valence-corrected chi connectivity index (χ0v) is 13.0. The van der Waals surface area contributed by atoms with Gasteiger partial charge in [-0.2, -0.15) is 18.3 Å². The third-order valence-corrected chi connectivity index (χ3v) is 3.68. The normalized spacial score (nSPS) is 11.0. The van der Waals surface area contributed by atoms with Gasteiger partial charge in [0.25, 0.3) is 5.91 Å². The van der Waals surface area contributed by atoms with E-state index < -0.39 is 23.6 Å². The molecule has 0 atom stereocenters. The maximum Gasteiger partial charge on any atom is 0.435 e. The van der Waals surface area contributed by atoms with Gasteiger partial charge < -0.3 is 5.73 Å². The molecule has 2 aromatic heterocycles. The first kappa shape index (κ1) is 18.1. The van der Waals surface area contributed by atoms with E-state index in [0.717, 1.165) is 16.8 Å². The van der Waals surface area contributed by atoms with Crippen molar-refractivity contribution in [2.24, 2.45) is 5.73 Å². The van der Waals surface area contributed by atoms with Crippen LogP contribution in [0.15, 0.2) is 12.1 Å². The van der Waals surface area contributed by atoms with Crippen LogP contribution < -0.4 is 5.73 Å². The monoisotopic (exact) mass is 337 g/mol. The summed E-state index contributed by atoms with van der Waals surface area (Å²) in [5.41, 5.74) is 3.88. The van der Waals surface area contributed by atoms with Crippen molar-refractivity contribution in [1.82, 2.24) is 9.78 Å². The van der Waals surface area contributed by atoms with Crippen molar-refractivity contribution < 1.29 is 22.4 Å². The largest absolute Gasteiger partial charge is 0.435 e. The van der Waals surface area contributed by atoms with Gasteiger partial charge in [-0.3, -0.25) is 9.48 Å². The number of hydrogen-bond donors (Lipinski definition) is 1. The van der Waals surface area contributed by atoms with Crippen LogP contribution in [0.4, 0.5) is 17.6 Å². The molecule has 0 spiro atoms. The van der Waals surface area contributed by atoms with Crippen LogP contribution in [0.5, 0.6) is 0 Å². The zero-order chi connectivity index (χ0) is 17.1. The van der Waals surface area contributed by atoms with Crippen molar-refractivity contribution in [2.45, 2.75) is 33.5 Å². The summed E-state index contributed by atoms with van der Waals surface area (Å²) in [5.74, 6) is -1.63. The van der Waals surface area contributed by atoms with Crippen LogP contribution in [0.25, 0.3) is 10.6 Å². The van der Waals surface area contributed by atoms with E-state index in [2.05, 4.69) is 5.10 Å². The highest BCUT2D eigenvalue weighted by atomic mass is 32.1. The quantitative estimate of drug-likeness (QED) is 0.863. The highest BCUT2D eigenvalue weighted by Gasteiger charge is 2.35. The Labute approximate surface area is 128 Å². The van der Waals surface area contributed by atoms with Gasteiger partial charge in [-0.05, 0) is 19.1 Å². The number of thiophene rings is 1. The minimum Gasteiger partial charge on any atom is -0.365 e. The Morgan fingerprint density at radius 3 is 2.36 bits per heavy atom. The van der Waals surface area contributed by atoms with E-state index in [4.69, 9.17) is 5.73 Å². The molecule has 22 heavy (non-hydrogen) atoms. The van der Waals surface area contributed by atoms with Crippen LogP contribution in [0.1, 0.15) is 36.1 Å². The molecule has 122 valence electrons. The van der Waals surface area contributed by atoms with Crippen molar-refractivity contribution in [3.8, 4) is 10.6 Å². The smallest absolute Gasteiger partial charge is 0.365 e. The Bertz CT molecular complexity index is 661. The summed E-state index contributed by atoms with van der Waals surface area (Å²) in [7, 11) is 0. The molecule has 2 rings (SSSR count). The van der Waals surface area contributed by atoms with Crippen LogP contribution >= 0.6 is 11.3 Å². The number of alkyl halides is 3. The Balaban J connectivity index is 0.00000116. The van der Waals surface area contributed by atoms with E-state index in [-0.39, 0.29) is 22.0 Å². The predicted octanol–water partition coefficient (Wildman–Crippen LogP) is 3.91. The van der Waals surface area contributed by atoms with Crippen LogP contribution in [-0.4, -0.2) is 15.7 Å². The lowest BCUT2D eigenvalue weighted by Crippen LogP contribution is -2.08. The number of aromatic nitrogens is 2. The molecule has 0 aliphatic heterocycles. The number of amides is 1. The van der Waals surface area contributed by atoms with Crippen molar-refractivity contribution in [3.05, 3.63) is 28.5 Å². The number of rotatable bonds is 3. The summed E-state index contributed by atoms with van der Waals surface area (Å²) in [6.07, 6.45) is -4.62.